The molecule has 1 N–H and O–H groups in total. The van der Waals surface area contributed by atoms with Gasteiger partial charge in [-0.25, -0.2) is 0 Å². The van der Waals surface area contributed by atoms with E-state index in [0.717, 1.165) is 24.4 Å². The number of likely N-dealkylation sites (tertiary alicyclic amines) is 1. The van der Waals surface area contributed by atoms with Gasteiger partial charge in [-0.1, -0.05) is 13.8 Å². The van der Waals surface area contributed by atoms with Crippen LogP contribution in [0.3, 0.4) is 0 Å². The highest BCUT2D eigenvalue weighted by atomic mass is 16.5. The molecule has 1 amide bonds. The molecule has 0 aliphatic carbocycles. The number of hydrogen-bond donors (Lipinski definition) is 1. The SMILES string of the molecule is CCCO[C@@](C)(CC)C(=O)Nc1ccc(OCCN2CCCC2)cc1. The van der Waals surface area contributed by atoms with Gasteiger partial charge in [-0.2, -0.15) is 0 Å². The lowest BCUT2D eigenvalue weighted by molar-refractivity contribution is -0.139. The first-order chi connectivity index (χ1) is 12.1. The second-order valence-electron chi connectivity index (χ2n) is 6.81. The van der Waals surface area contributed by atoms with Crippen molar-refractivity contribution in [2.75, 3.05) is 38.2 Å². The summed E-state index contributed by atoms with van der Waals surface area (Å²) >= 11 is 0. The van der Waals surface area contributed by atoms with E-state index < -0.39 is 5.60 Å². The summed E-state index contributed by atoms with van der Waals surface area (Å²) in [6.07, 6.45) is 4.13. The molecule has 2 rings (SSSR count). The number of nitrogens with zero attached hydrogens (tertiary/aromatic N) is 1. The lowest BCUT2D eigenvalue weighted by atomic mass is 10.0. The topological polar surface area (TPSA) is 50.8 Å². The molecule has 0 unspecified atom stereocenters. The highest BCUT2D eigenvalue weighted by Crippen LogP contribution is 2.21. The van der Waals surface area contributed by atoms with Crippen molar-refractivity contribution in [3.8, 4) is 5.75 Å². The third kappa shape index (κ3) is 6.01. The largest absolute Gasteiger partial charge is 0.492 e. The van der Waals surface area contributed by atoms with Gasteiger partial charge in [-0.3, -0.25) is 9.69 Å². The maximum Gasteiger partial charge on any atom is 0.256 e. The molecule has 1 atom stereocenters. The number of carbonyl (C=O) groups is 1. The first-order valence-corrected chi connectivity index (χ1v) is 9.48. The van der Waals surface area contributed by atoms with Gasteiger partial charge in [-0.05, 0) is 70.0 Å². The summed E-state index contributed by atoms with van der Waals surface area (Å²) in [6, 6.07) is 7.55. The van der Waals surface area contributed by atoms with E-state index in [0.29, 0.717) is 19.6 Å². The van der Waals surface area contributed by atoms with Crippen LogP contribution >= 0.6 is 0 Å². The minimum atomic E-state index is -0.791. The Morgan fingerprint density at radius 2 is 1.84 bits per heavy atom. The van der Waals surface area contributed by atoms with Crippen molar-refractivity contribution in [1.82, 2.24) is 4.90 Å². The Morgan fingerprint density at radius 3 is 2.44 bits per heavy atom. The van der Waals surface area contributed by atoms with Gasteiger partial charge < -0.3 is 14.8 Å². The number of rotatable bonds is 10. The second kappa shape index (κ2) is 9.78. The highest BCUT2D eigenvalue weighted by Gasteiger charge is 2.32. The molecule has 1 aliphatic rings. The van der Waals surface area contributed by atoms with Crippen LogP contribution in [-0.2, 0) is 9.53 Å². The van der Waals surface area contributed by atoms with E-state index in [-0.39, 0.29) is 5.91 Å². The van der Waals surface area contributed by atoms with Crippen molar-refractivity contribution in [3.05, 3.63) is 24.3 Å². The number of hydrogen-bond acceptors (Lipinski definition) is 4. The predicted octanol–water partition coefficient (Wildman–Crippen LogP) is 3.70. The smallest absolute Gasteiger partial charge is 0.256 e. The predicted molar refractivity (Wildman–Crippen MR) is 101 cm³/mol. The first kappa shape index (κ1) is 19.7. The lowest BCUT2D eigenvalue weighted by Crippen LogP contribution is -2.42. The molecule has 0 bridgehead atoms. The number of benzene rings is 1. The Bertz CT molecular complexity index is 526. The molecule has 5 nitrogen and oxygen atoms in total. The van der Waals surface area contributed by atoms with Gasteiger partial charge in [0.2, 0.25) is 0 Å². The quantitative estimate of drug-likeness (QED) is 0.700. The van der Waals surface area contributed by atoms with E-state index in [1.165, 1.54) is 25.9 Å². The van der Waals surface area contributed by atoms with Gasteiger partial charge >= 0.3 is 0 Å². The summed E-state index contributed by atoms with van der Waals surface area (Å²) < 4.78 is 11.5. The Balaban J connectivity index is 1.81. The van der Waals surface area contributed by atoms with E-state index >= 15 is 0 Å². The highest BCUT2D eigenvalue weighted by molar-refractivity contribution is 5.97. The van der Waals surface area contributed by atoms with Crippen molar-refractivity contribution in [2.24, 2.45) is 0 Å². The molecule has 0 radical (unpaired) electrons. The van der Waals surface area contributed by atoms with Gasteiger partial charge in [0, 0.05) is 18.8 Å². The molecule has 1 aromatic rings. The van der Waals surface area contributed by atoms with Gasteiger partial charge in [0.1, 0.15) is 18.0 Å². The van der Waals surface area contributed by atoms with Crippen LogP contribution in [0, 0.1) is 0 Å². The summed E-state index contributed by atoms with van der Waals surface area (Å²) in [5.74, 6) is 0.726. The first-order valence-electron chi connectivity index (χ1n) is 9.48. The summed E-state index contributed by atoms with van der Waals surface area (Å²) in [7, 11) is 0. The van der Waals surface area contributed by atoms with Crippen LogP contribution in [0.5, 0.6) is 5.75 Å². The van der Waals surface area contributed by atoms with Gasteiger partial charge in [0.15, 0.2) is 0 Å². The molecule has 140 valence electrons. The molecular formula is C20H32N2O3. The fourth-order valence-electron chi connectivity index (χ4n) is 2.85. The van der Waals surface area contributed by atoms with E-state index in [4.69, 9.17) is 9.47 Å². The van der Waals surface area contributed by atoms with Crippen molar-refractivity contribution >= 4 is 11.6 Å². The van der Waals surface area contributed by atoms with Gasteiger partial charge in [-0.15, -0.1) is 0 Å². The summed E-state index contributed by atoms with van der Waals surface area (Å²) in [5, 5.41) is 2.94. The Hall–Kier alpha value is -1.59. The van der Waals surface area contributed by atoms with Crippen LogP contribution < -0.4 is 10.1 Å². The number of amides is 1. The number of ether oxygens (including phenoxy) is 2. The third-order valence-electron chi connectivity index (χ3n) is 4.77. The molecule has 1 saturated heterocycles. The van der Waals surface area contributed by atoms with Crippen LogP contribution in [0.2, 0.25) is 0 Å². The zero-order chi connectivity index (χ0) is 18.1. The molecule has 0 saturated carbocycles. The van der Waals surface area contributed by atoms with Crippen LogP contribution in [0.15, 0.2) is 24.3 Å². The molecule has 1 heterocycles. The normalized spacial score (nSPS) is 17.2. The monoisotopic (exact) mass is 348 g/mol. The molecule has 1 aromatic carbocycles. The molecule has 1 fully saturated rings. The van der Waals surface area contributed by atoms with E-state index in [1.807, 2.05) is 45.0 Å². The standard InChI is InChI=1S/C20H32N2O3/c1-4-15-25-20(3,5-2)19(23)21-17-8-10-18(11-9-17)24-16-14-22-12-6-7-13-22/h8-11H,4-7,12-16H2,1-3H3,(H,21,23)/t20-/m0/s1. The van der Waals surface area contributed by atoms with E-state index in [2.05, 4.69) is 10.2 Å². The van der Waals surface area contributed by atoms with Crippen molar-refractivity contribution in [3.63, 3.8) is 0 Å². The van der Waals surface area contributed by atoms with Gasteiger partial charge in [0.25, 0.3) is 5.91 Å². The van der Waals surface area contributed by atoms with Crippen LogP contribution in [0.25, 0.3) is 0 Å². The Kier molecular flexibility index (Phi) is 7.72. The molecule has 5 heteroatoms. The maximum absolute atomic E-state index is 12.5. The summed E-state index contributed by atoms with van der Waals surface area (Å²) in [4.78, 5) is 14.9. The lowest BCUT2D eigenvalue weighted by Gasteiger charge is -2.27. The van der Waals surface area contributed by atoms with Crippen LogP contribution in [-0.4, -0.2) is 49.3 Å². The third-order valence-corrected chi connectivity index (χ3v) is 4.77. The van der Waals surface area contributed by atoms with Crippen LogP contribution in [0.4, 0.5) is 5.69 Å². The van der Waals surface area contributed by atoms with Gasteiger partial charge in [0.05, 0.1) is 0 Å². The second-order valence-corrected chi connectivity index (χ2v) is 6.81. The summed E-state index contributed by atoms with van der Waals surface area (Å²) in [6.45, 7) is 10.5. The average Bonchev–Trinajstić information content (AvgIpc) is 3.14. The van der Waals surface area contributed by atoms with E-state index in [9.17, 15) is 4.79 Å². The van der Waals surface area contributed by atoms with Crippen LogP contribution in [0.1, 0.15) is 46.5 Å². The number of nitrogens with one attached hydrogen (secondary N) is 1. The average molecular weight is 348 g/mol. The minimum Gasteiger partial charge on any atom is -0.492 e. The minimum absolute atomic E-state index is 0.105. The number of anilines is 1. The van der Waals surface area contributed by atoms with Crippen molar-refractivity contribution in [2.45, 2.75) is 52.1 Å². The fourth-order valence-corrected chi connectivity index (χ4v) is 2.85. The zero-order valence-electron chi connectivity index (χ0n) is 15.8. The zero-order valence-corrected chi connectivity index (χ0v) is 15.8. The number of carbonyl (C=O) groups excluding carboxylic acids is 1. The Labute approximate surface area is 151 Å². The van der Waals surface area contributed by atoms with Crippen molar-refractivity contribution in [1.29, 1.82) is 0 Å². The molecule has 0 aromatic heterocycles. The molecule has 25 heavy (non-hydrogen) atoms. The van der Waals surface area contributed by atoms with E-state index in [1.54, 1.807) is 0 Å². The molecule has 0 spiro atoms. The maximum atomic E-state index is 12.5. The Morgan fingerprint density at radius 1 is 1.16 bits per heavy atom. The van der Waals surface area contributed by atoms with Crippen molar-refractivity contribution < 1.29 is 14.3 Å². The fraction of sp³-hybridized carbons (Fsp3) is 0.650. The molecule has 1 aliphatic heterocycles. The molecular weight excluding hydrogens is 316 g/mol. The summed E-state index contributed by atoms with van der Waals surface area (Å²) in [5.41, 5.74) is -0.0300.